The molecule has 1 amide bonds. The second kappa shape index (κ2) is 5.82. The van der Waals surface area contributed by atoms with E-state index in [1.165, 1.54) is 30.3 Å². The van der Waals surface area contributed by atoms with E-state index in [2.05, 4.69) is 10.1 Å². The van der Waals surface area contributed by atoms with Crippen LogP contribution in [0.3, 0.4) is 0 Å². The maximum atomic E-state index is 13.4. The van der Waals surface area contributed by atoms with Crippen molar-refractivity contribution in [2.45, 2.75) is 6.36 Å². The Kier molecular flexibility index (Phi) is 4.11. The van der Waals surface area contributed by atoms with Gasteiger partial charge >= 0.3 is 6.36 Å². The molecule has 110 valence electrons. The van der Waals surface area contributed by atoms with Gasteiger partial charge in [0.15, 0.2) is 0 Å². The smallest absolute Gasteiger partial charge is 0.406 e. The molecule has 0 spiro atoms. The number of carbonyl (C=O) groups excluding carboxylic acids is 1. The summed E-state index contributed by atoms with van der Waals surface area (Å²) < 4.78 is 53.4. The first-order valence-electron chi connectivity index (χ1n) is 5.77. The standard InChI is InChI=1S/C14H9F4NO2/c15-12-7-2-1-6-11(12)13(20)19-9-4-3-5-10(8-9)21-14(16,17)18/h1-8H,(H,19,20). The number of benzene rings is 2. The van der Waals surface area contributed by atoms with Crippen LogP contribution in [0.25, 0.3) is 0 Å². The van der Waals surface area contributed by atoms with Gasteiger partial charge in [0.05, 0.1) is 5.56 Å². The van der Waals surface area contributed by atoms with Gasteiger partial charge in [0.1, 0.15) is 11.6 Å². The molecule has 0 aliphatic heterocycles. The third kappa shape index (κ3) is 4.20. The molecule has 0 heterocycles. The number of nitrogens with one attached hydrogen (secondary N) is 1. The monoisotopic (exact) mass is 299 g/mol. The molecule has 0 saturated carbocycles. The van der Waals surface area contributed by atoms with Gasteiger partial charge in [-0.15, -0.1) is 13.2 Å². The van der Waals surface area contributed by atoms with Crippen molar-refractivity contribution in [2.75, 3.05) is 5.32 Å². The van der Waals surface area contributed by atoms with Crippen molar-refractivity contribution in [1.29, 1.82) is 0 Å². The molecular weight excluding hydrogens is 290 g/mol. The van der Waals surface area contributed by atoms with Gasteiger partial charge in [-0.2, -0.15) is 0 Å². The largest absolute Gasteiger partial charge is 0.573 e. The van der Waals surface area contributed by atoms with Crippen molar-refractivity contribution in [3.05, 3.63) is 59.9 Å². The maximum Gasteiger partial charge on any atom is 0.573 e. The fraction of sp³-hybridized carbons (Fsp3) is 0.0714. The lowest BCUT2D eigenvalue weighted by atomic mass is 10.2. The van der Waals surface area contributed by atoms with Crippen LogP contribution >= 0.6 is 0 Å². The lowest BCUT2D eigenvalue weighted by Gasteiger charge is -2.11. The quantitative estimate of drug-likeness (QED) is 0.871. The predicted octanol–water partition coefficient (Wildman–Crippen LogP) is 3.98. The summed E-state index contributed by atoms with van der Waals surface area (Å²) in [5, 5.41) is 2.30. The van der Waals surface area contributed by atoms with Crippen molar-refractivity contribution in [3.8, 4) is 5.75 Å². The maximum absolute atomic E-state index is 13.4. The Labute approximate surface area is 117 Å². The molecule has 0 radical (unpaired) electrons. The van der Waals surface area contributed by atoms with E-state index in [0.29, 0.717) is 0 Å². The summed E-state index contributed by atoms with van der Waals surface area (Å²) in [6.45, 7) is 0. The number of hydrogen-bond donors (Lipinski definition) is 1. The van der Waals surface area contributed by atoms with Crippen LogP contribution in [-0.4, -0.2) is 12.3 Å². The molecule has 7 heteroatoms. The molecule has 0 aromatic heterocycles. The van der Waals surface area contributed by atoms with Gasteiger partial charge in [-0.05, 0) is 24.3 Å². The number of anilines is 1. The number of halogens is 4. The van der Waals surface area contributed by atoms with Crippen LogP contribution < -0.4 is 10.1 Å². The number of hydrogen-bond acceptors (Lipinski definition) is 2. The van der Waals surface area contributed by atoms with Crippen molar-refractivity contribution in [2.24, 2.45) is 0 Å². The number of ether oxygens (including phenoxy) is 1. The summed E-state index contributed by atoms with van der Waals surface area (Å²) in [6, 6.07) is 9.99. The van der Waals surface area contributed by atoms with Crippen LogP contribution in [-0.2, 0) is 0 Å². The third-order valence-electron chi connectivity index (χ3n) is 2.44. The highest BCUT2D eigenvalue weighted by atomic mass is 19.4. The van der Waals surface area contributed by atoms with E-state index in [4.69, 9.17) is 0 Å². The van der Waals surface area contributed by atoms with E-state index < -0.39 is 23.8 Å². The average Bonchev–Trinajstić information content (AvgIpc) is 2.37. The normalized spacial score (nSPS) is 11.0. The molecule has 0 bridgehead atoms. The van der Waals surface area contributed by atoms with Gasteiger partial charge < -0.3 is 10.1 Å². The summed E-state index contributed by atoms with van der Waals surface area (Å²) in [6.07, 6.45) is -4.83. The van der Waals surface area contributed by atoms with Crippen LogP contribution in [0.15, 0.2) is 48.5 Å². The second-order valence-corrected chi connectivity index (χ2v) is 4.01. The number of rotatable bonds is 3. The Morgan fingerprint density at radius 2 is 1.76 bits per heavy atom. The third-order valence-corrected chi connectivity index (χ3v) is 2.44. The molecule has 0 saturated heterocycles. The molecule has 3 nitrogen and oxygen atoms in total. The molecule has 2 aromatic carbocycles. The van der Waals surface area contributed by atoms with Crippen molar-refractivity contribution >= 4 is 11.6 Å². The van der Waals surface area contributed by atoms with E-state index in [0.717, 1.165) is 18.2 Å². The first-order chi connectivity index (χ1) is 9.85. The summed E-state index contributed by atoms with van der Waals surface area (Å²) in [7, 11) is 0. The molecule has 0 atom stereocenters. The zero-order valence-corrected chi connectivity index (χ0v) is 10.4. The van der Waals surface area contributed by atoms with Crippen molar-refractivity contribution in [1.82, 2.24) is 0 Å². The molecular formula is C14H9F4NO2. The first-order valence-corrected chi connectivity index (χ1v) is 5.77. The van der Waals surface area contributed by atoms with E-state index in [1.54, 1.807) is 0 Å². The highest BCUT2D eigenvalue weighted by Crippen LogP contribution is 2.25. The molecule has 0 aliphatic carbocycles. The molecule has 2 aromatic rings. The van der Waals surface area contributed by atoms with E-state index in [1.807, 2.05) is 0 Å². The SMILES string of the molecule is O=C(Nc1cccc(OC(F)(F)F)c1)c1ccccc1F. The fourth-order valence-electron chi connectivity index (χ4n) is 1.61. The number of amides is 1. The van der Waals surface area contributed by atoms with Gasteiger partial charge in [0.25, 0.3) is 5.91 Å². The highest BCUT2D eigenvalue weighted by Gasteiger charge is 2.31. The Balaban J connectivity index is 2.15. The highest BCUT2D eigenvalue weighted by molar-refractivity contribution is 6.04. The summed E-state index contributed by atoms with van der Waals surface area (Å²) in [5.41, 5.74) is -0.148. The predicted molar refractivity (Wildman–Crippen MR) is 67.5 cm³/mol. The summed E-state index contributed by atoms with van der Waals surface area (Å²) in [5.74, 6) is -1.97. The van der Waals surface area contributed by atoms with Gasteiger partial charge in [-0.25, -0.2) is 4.39 Å². The topological polar surface area (TPSA) is 38.3 Å². The lowest BCUT2D eigenvalue weighted by molar-refractivity contribution is -0.274. The zero-order valence-electron chi connectivity index (χ0n) is 10.4. The van der Waals surface area contributed by atoms with E-state index >= 15 is 0 Å². The minimum Gasteiger partial charge on any atom is -0.406 e. The minimum absolute atomic E-state index is 0.0602. The Hall–Kier alpha value is -2.57. The average molecular weight is 299 g/mol. The van der Waals surface area contributed by atoms with Crippen LogP contribution in [0.2, 0.25) is 0 Å². The Morgan fingerprint density at radius 1 is 1.05 bits per heavy atom. The number of carbonyl (C=O) groups is 1. The van der Waals surface area contributed by atoms with Crippen molar-refractivity contribution < 1.29 is 27.1 Å². The molecule has 2 rings (SSSR count). The van der Waals surface area contributed by atoms with Crippen LogP contribution in [0.5, 0.6) is 5.75 Å². The van der Waals surface area contributed by atoms with Crippen LogP contribution in [0.1, 0.15) is 10.4 Å². The first kappa shape index (κ1) is 14.8. The molecule has 0 unspecified atom stereocenters. The fourth-order valence-corrected chi connectivity index (χ4v) is 1.61. The number of alkyl halides is 3. The second-order valence-electron chi connectivity index (χ2n) is 4.01. The Morgan fingerprint density at radius 3 is 2.43 bits per heavy atom. The lowest BCUT2D eigenvalue weighted by Crippen LogP contribution is -2.17. The van der Waals surface area contributed by atoms with Gasteiger partial charge in [-0.1, -0.05) is 18.2 Å². The summed E-state index contributed by atoms with van der Waals surface area (Å²) in [4.78, 5) is 11.8. The minimum atomic E-state index is -4.83. The molecule has 1 N–H and O–H groups in total. The van der Waals surface area contributed by atoms with Crippen LogP contribution in [0.4, 0.5) is 23.2 Å². The summed E-state index contributed by atoms with van der Waals surface area (Å²) >= 11 is 0. The van der Waals surface area contributed by atoms with Crippen LogP contribution in [0, 0.1) is 5.82 Å². The van der Waals surface area contributed by atoms with Crippen molar-refractivity contribution in [3.63, 3.8) is 0 Å². The van der Waals surface area contributed by atoms with E-state index in [9.17, 15) is 22.4 Å². The Bertz CT molecular complexity index is 655. The van der Waals surface area contributed by atoms with Gasteiger partial charge in [0, 0.05) is 11.8 Å². The zero-order chi connectivity index (χ0) is 15.5. The van der Waals surface area contributed by atoms with Gasteiger partial charge in [-0.3, -0.25) is 4.79 Å². The molecule has 0 fully saturated rings. The molecule has 21 heavy (non-hydrogen) atoms. The van der Waals surface area contributed by atoms with Gasteiger partial charge in [0.2, 0.25) is 0 Å². The molecule has 0 aliphatic rings. The van der Waals surface area contributed by atoms with E-state index in [-0.39, 0.29) is 11.3 Å².